The van der Waals surface area contributed by atoms with Crippen molar-refractivity contribution in [3.05, 3.63) is 65.9 Å². The van der Waals surface area contributed by atoms with E-state index in [0.29, 0.717) is 16.8 Å². The molecule has 2 heterocycles. The highest BCUT2D eigenvalue weighted by Crippen LogP contribution is 2.11. The van der Waals surface area contributed by atoms with Crippen LogP contribution in [0.3, 0.4) is 0 Å². The summed E-state index contributed by atoms with van der Waals surface area (Å²) in [6.07, 6.45) is 5.25. The quantitative estimate of drug-likeness (QED) is 0.440. The highest BCUT2D eigenvalue weighted by atomic mass is 16.5. The number of carbonyl (C=O) groups excluding carboxylic acids is 1. The van der Waals surface area contributed by atoms with Gasteiger partial charge < -0.3 is 15.1 Å². The molecule has 0 atom stereocenters. The van der Waals surface area contributed by atoms with Crippen molar-refractivity contribution in [2.75, 3.05) is 6.54 Å². The molecule has 0 fully saturated rings. The van der Waals surface area contributed by atoms with Crippen molar-refractivity contribution in [2.45, 2.75) is 13.0 Å². The summed E-state index contributed by atoms with van der Waals surface area (Å²) in [6.45, 7) is 1.35. The first kappa shape index (κ1) is 14.1. The van der Waals surface area contributed by atoms with Gasteiger partial charge in [0.1, 0.15) is 0 Å². The van der Waals surface area contributed by atoms with E-state index in [-0.39, 0.29) is 5.91 Å². The third-order valence-electron chi connectivity index (χ3n) is 3.45. The second-order valence-electron chi connectivity index (χ2n) is 4.98. The Morgan fingerprint density at radius 1 is 1.23 bits per heavy atom. The fourth-order valence-corrected chi connectivity index (χ4v) is 2.31. The minimum atomic E-state index is -0.170. The first-order valence-corrected chi connectivity index (χ1v) is 7.11. The zero-order chi connectivity index (χ0) is 15.4. The number of benzene rings is 1. The Hall–Kier alpha value is -2.89. The number of nitrogens with one attached hydrogen (secondary N) is 1. The minimum absolute atomic E-state index is 0.170. The van der Waals surface area contributed by atoms with Gasteiger partial charge in [0.05, 0.1) is 22.9 Å². The van der Waals surface area contributed by atoms with Crippen LogP contribution in [0, 0.1) is 5.21 Å². The molecule has 6 nitrogen and oxygen atoms in total. The summed E-state index contributed by atoms with van der Waals surface area (Å²) in [4.78, 5) is 16.2. The van der Waals surface area contributed by atoms with Gasteiger partial charge in [-0.2, -0.15) is 4.73 Å². The van der Waals surface area contributed by atoms with Gasteiger partial charge in [-0.1, -0.05) is 12.1 Å². The van der Waals surface area contributed by atoms with Gasteiger partial charge in [0.15, 0.2) is 12.4 Å². The molecule has 3 aromatic rings. The molecular weight excluding hydrogens is 280 g/mol. The summed E-state index contributed by atoms with van der Waals surface area (Å²) < 4.78 is 2.73. The van der Waals surface area contributed by atoms with E-state index < -0.39 is 0 Å². The van der Waals surface area contributed by atoms with Crippen molar-refractivity contribution >= 4 is 16.9 Å². The number of fused-ring (bicyclic) bond motifs is 1. The average molecular weight is 296 g/mol. The van der Waals surface area contributed by atoms with Gasteiger partial charge in [-0.15, -0.1) is 0 Å². The van der Waals surface area contributed by atoms with Gasteiger partial charge in [0, 0.05) is 25.2 Å². The number of hydrogen-bond acceptors (Lipinski definition) is 3. The molecule has 3 rings (SSSR count). The second kappa shape index (κ2) is 6.26. The van der Waals surface area contributed by atoms with Crippen LogP contribution >= 0.6 is 0 Å². The van der Waals surface area contributed by atoms with Gasteiger partial charge in [0.2, 0.25) is 0 Å². The first-order valence-electron chi connectivity index (χ1n) is 7.11. The molecule has 2 aromatic heterocycles. The normalized spacial score (nSPS) is 10.7. The molecule has 1 N–H and O–H groups in total. The lowest BCUT2D eigenvalue weighted by atomic mass is 10.2. The number of carbonyl (C=O) groups is 1. The van der Waals surface area contributed by atoms with Crippen LogP contribution in [0.2, 0.25) is 0 Å². The number of pyridine rings is 1. The summed E-state index contributed by atoms with van der Waals surface area (Å²) in [6, 6.07) is 11.0. The molecule has 0 radical (unpaired) electrons. The molecule has 0 saturated carbocycles. The molecule has 112 valence electrons. The maximum absolute atomic E-state index is 11.9. The van der Waals surface area contributed by atoms with Gasteiger partial charge in [0.25, 0.3) is 5.91 Å². The number of rotatable bonds is 5. The minimum Gasteiger partial charge on any atom is -0.619 e. The van der Waals surface area contributed by atoms with Gasteiger partial charge >= 0.3 is 0 Å². The molecule has 0 unspecified atom stereocenters. The van der Waals surface area contributed by atoms with Crippen molar-refractivity contribution in [2.24, 2.45) is 0 Å². The van der Waals surface area contributed by atoms with E-state index in [4.69, 9.17) is 0 Å². The topological polar surface area (TPSA) is 73.9 Å². The Balaban J connectivity index is 1.51. The smallest absolute Gasteiger partial charge is 0.251 e. The predicted molar refractivity (Wildman–Crippen MR) is 82.1 cm³/mol. The number of nitrogens with zero attached hydrogens (tertiary/aromatic N) is 3. The fraction of sp³-hybridized carbons (Fsp3) is 0.188. The van der Waals surface area contributed by atoms with Crippen molar-refractivity contribution in [3.63, 3.8) is 0 Å². The van der Waals surface area contributed by atoms with Crippen LogP contribution in [0.1, 0.15) is 16.8 Å². The van der Waals surface area contributed by atoms with E-state index in [2.05, 4.69) is 14.9 Å². The number of imidazole rings is 1. The van der Waals surface area contributed by atoms with E-state index in [1.54, 1.807) is 0 Å². The molecule has 0 spiro atoms. The highest BCUT2D eigenvalue weighted by molar-refractivity contribution is 5.93. The van der Waals surface area contributed by atoms with E-state index in [9.17, 15) is 10.0 Å². The van der Waals surface area contributed by atoms with Gasteiger partial charge in [-0.25, -0.2) is 4.98 Å². The van der Waals surface area contributed by atoms with E-state index in [0.717, 1.165) is 24.0 Å². The van der Waals surface area contributed by atoms with Crippen molar-refractivity contribution in [1.29, 1.82) is 0 Å². The van der Waals surface area contributed by atoms with Crippen LogP contribution in [0.15, 0.2) is 55.1 Å². The van der Waals surface area contributed by atoms with Crippen molar-refractivity contribution in [1.82, 2.24) is 14.9 Å². The second-order valence-corrected chi connectivity index (χ2v) is 4.98. The third-order valence-corrected chi connectivity index (χ3v) is 3.45. The van der Waals surface area contributed by atoms with Crippen LogP contribution in [0.25, 0.3) is 11.0 Å². The molecule has 0 aliphatic heterocycles. The van der Waals surface area contributed by atoms with Crippen LogP contribution in [0.4, 0.5) is 0 Å². The molecule has 1 aromatic carbocycles. The molecule has 0 aliphatic carbocycles. The number of para-hydroxylation sites is 2. The number of aromatic nitrogens is 3. The number of hydrogen-bond donors (Lipinski definition) is 1. The van der Waals surface area contributed by atoms with Crippen LogP contribution in [-0.4, -0.2) is 22.0 Å². The standard InChI is InChI=1S/C16H16N4O2/c21-16(13-6-10-20(22)11-7-13)17-8-3-9-19-12-18-14-4-1-2-5-15(14)19/h1-2,4-7,10-12H,3,8-9H2,(H,17,21). The van der Waals surface area contributed by atoms with Crippen LogP contribution in [0.5, 0.6) is 0 Å². The highest BCUT2D eigenvalue weighted by Gasteiger charge is 2.06. The Kier molecular flexibility index (Phi) is 4.00. The summed E-state index contributed by atoms with van der Waals surface area (Å²) in [7, 11) is 0. The molecule has 22 heavy (non-hydrogen) atoms. The van der Waals surface area contributed by atoms with E-state index >= 15 is 0 Å². The lowest BCUT2D eigenvalue weighted by molar-refractivity contribution is -0.605. The average Bonchev–Trinajstić information content (AvgIpc) is 2.95. The SMILES string of the molecule is O=C(NCCCn1cnc2ccccc21)c1cc[n+]([O-])cc1. The monoisotopic (exact) mass is 296 g/mol. The van der Waals surface area contributed by atoms with Crippen molar-refractivity contribution < 1.29 is 9.52 Å². The molecule has 0 saturated heterocycles. The van der Waals surface area contributed by atoms with Crippen LogP contribution < -0.4 is 10.0 Å². The Morgan fingerprint density at radius 3 is 2.82 bits per heavy atom. The fourth-order valence-electron chi connectivity index (χ4n) is 2.31. The molecule has 1 amide bonds. The summed E-state index contributed by atoms with van der Waals surface area (Å²) in [5, 5.41) is 13.8. The van der Waals surface area contributed by atoms with Gasteiger partial charge in [-0.05, 0) is 18.6 Å². The largest absolute Gasteiger partial charge is 0.619 e. The number of amides is 1. The Bertz CT molecular complexity index is 780. The predicted octanol–water partition coefficient (Wildman–Crippen LogP) is 1.49. The summed E-state index contributed by atoms with van der Waals surface area (Å²) >= 11 is 0. The molecule has 6 heteroatoms. The van der Waals surface area contributed by atoms with Gasteiger partial charge in [-0.3, -0.25) is 4.79 Å². The maximum Gasteiger partial charge on any atom is 0.251 e. The van der Waals surface area contributed by atoms with E-state index in [1.807, 2.05) is 30.6 Å². The lowest BCUT2D eigenvalue weighted by Gasteiger charge is -2.06. The molecule has 0 aliphatic rings. The zero-order valence-corrected chi connectivity index (χ0v) is 12.0. The Morgan fingerprint density at radius 2 is 2.00 bits per heavy atom. The summed E-state index contributed by atoms with van der Waals surface area (Å²) in [5.74, 6) is -0.170. The molecular formula is C16H16N4O2. The first-order chi connectivity index (χ1) is 10.7. The van der Waals surface area contributed by atoms with E-state index in [1.165, 1.54) is 24.5 Å². The molecule has 0 bridgehead atoms. The summed E-state index contributed by atoms with van der Waals surface area (Å²) in [5.41, 5.74) is 2.55. The Labute approximate surface area is 127 Å². The zero-order valence-electron chi connectivity index (χ0n) is 12.0. The maximum atomic E-state index is 11.9. The number of aryl methyl sites for hydroxylation is 1. The lowest BCUT2D eigenvalue weighted by Crippen LogP contribution is -2.28. The van der Waals surface area contributed by atoms with Crippen LogP contribution in [-0.2, 0) is 6.54 Å². The van der Waals surface area contributed by atoms with Crippen molar-refractivity contribution in [3.8, 4) is 0 Å². The third kappa shape index (κ3) is 3.06.